The van der Waals surface area contributed by atoms with Gasteiger partial charge in [0.2, 0.25) is 0 Å². The lowest BCUT2D eigenvalue weighted by Gasteiger charge is -2.10. The van der Waals surface area contributed by atoms with Gasteiger partial charge in [-0.1, -0.05) is 24.3 Å². The van der Waals surface area contributed by atoms with E-state index in [9.17, 15) is 8.94 Å². The number of nitriles is 1. The maximum atomic E-state index is 13.9. The van der Waals surface area contributed by atoms with Crippen molar-refractivity contribution in [3.63, 3.8) is 0 Å². The maximum absolute atomic E-state index is 13.9. The van der Waals surface area contributed by atoms with Crippen LogP contribution in [-0.4, -0.2) is 21.0 Å². The summed E-state index contributed by atoms with van der Waals surface area (Å²) in [5, 5.41) is 8.83. The van der Waals surface area contributed by atoms with Gasteiger partial charge in [-0.05, 0) is 24.3 Å². The molecule has 1 aromatic heterocycles. The number of aromatic nitrogens is 1. The first-order valence-corrected chi connectivity index (χ1v) is 8.36. The lowest BCUT2D eigenvalue weighted by atomic mass is 10.0. The van der Waals surface area contributed by atoms with E-state index in [1.807, 2.05) is 13.8 Å². The predicted molar refractivity (Wildman–Crippen MR) is 88.8 cm³/mol. The number of halogens is 1. The number of benzene rings is 1. The van der Waals surface area contributed by atoms with E-state index >= 15 is 0 Å². The van der Waals surface area contributed by atoms with E-state index in [2.05, 4.69) is 9.38 Å². The molecule has 0 N–H and O–H groups in total. The van der Waals surface area contributed by atoms with Crippen LogP contribution in [0.3, 0.4) is 0 Å². The van der Waals surface area contributed by atoms with Crippen LogP contribution in [0, 0.1) is 23.1 Å². The molecule has 118 valence electrons. The van der Waals surface area contributed by atoms with Crippen LogP contribution in [0.4, 0.5) is 4.39 Å². The van der Waals surface area contributed by atoms with Crippen LogP contribution >= 0.6 is 0 Å². The highest BCUT2D eigenvalue weighted by Crippen LogP contribution is 2.16. The second kappa shape index (κ2) is 7.86. The fourth-order valence-electron chi connectivity index (χ4n) is 1.95. The summed E-state index contributed by atoms with van der Waals surface area (Å²) in [4.78, 5) is 4.03. The summed E-state index contributed by atoms with van der Waals surface area (Å²) in [7, 11) is 0. The summed E-state index contributed by atoms with van der Waals surface area (Å²) in [5.74, 6) is 0.0198. The molecule has 0 amide bonds. The molecule has 1 atom stereocenters. The van der Waals surface area contributed by atoms with Gasteiger partial charge in [-0.2, -0.15) is 5.26 Å². The Kier molecular flexibility index (Phi) is 5.85. The number of hydrogen-bond acceptors (Lipinski definition) is 4. The van der Waals surface area contributed by atoms with E-state index in [0.717, 1.165) is 0 Å². The molecule has 1 aromatic carbocycles. The van der Waals surface area contributed by atoms with Gasteiger partial charge in [0.1, 0.15) is 23.4 Å². The molecule has 0 spiro atoms. The maximum Gasteiger partial charge on any atom is 0.141 e. The van der Waals surface area contributed by atoms with Crippen LogP contribution in [0.2, 0.25) is 0 Å². The zero-order chi connectivity index (χ0) is 16.8. The highest BCUT2D eigenvalue weighted by molar-refractivity contribution is 7.90. The fourth-order valence-corrected chi connectivity index (χ4v) is 3.01. The first-order valence-electron chi connectivity index (χ1n) is 7.09. The Hall–Kier alpha value is -2.23. The van der Waals surface area contributed by atoms with Crippen LogP contribution in [0.15, 0.2) is 47.1 Å². The van der Waals surface area contributed by atoms with Gasteiger partial charge in [-0.3, -0.25) is 4.98 Å². The van der Waals surface area contributed by atoms with Crippen molar-refractivity contribution in [2.75, 3.05) is 5.75 Å². The molecule has 0 aliphatic rings. The zero-order valence-corrected chi connectivity index (χ0v) is 13.7. The molecule has 0 aliphatic carbocycles. The molecule has 2 aromatic rings. The minimum absolute atomic E-state index is 0.0393. The molecule has 0 saturated carbocycles. The SMILES string of the molecule is CC(C)C[S+]([O-])/N=C(/c1cccnc1)c1ccc(C#N)c(F)c1. The molecule has 1 heterocycles. The van der Waals surface area contributed by atoms with E-state index in [0.29, 0.717) is 22.6 Å². The van der Waals surface area contributed by atoms with Gasteiger partial charge < -0.3 is 4.55 Å². The van der Waals surface area contributed by atoms with Gasteiger partial charge in [-0.25, -0.2) is 4.39 Å². The fraction of sp³-hybridized carbons (Fsp3) is 0.235. The van der Waals surface area contributed by atoms with Gasteiger partial charge in [0.25, 0.3) is 0 Å². The normalized spacial score (nSPS) is 13.0. The monoisotopic (exact) mass is 329 g/mol. The average Bonchev–Trinajstić information content (AvgIpc) is 2.52. The second-order valence-electron chi connectivity index (χ2n) is 5.37. The van der Waals surface area contributed by atoms with Crippen molar-refractivity contribution in [2.45, 2.75) is 13.8 Å². The van der Waals surface area contributed by atoms with Crippen molar-refractivity contribution in [3.8, 4) is 6.07 Å². The van der Waals surface area contributed by atoms with E-state index in [-0.39, 0.29) is 11.5 Å². The summed E-state index contributed by atoms with van der Waals surface area (Å²) < 4.78 is 30.3. The molecular formula is C17H16FN3OS. The molecule has 0 radical (unpaired) electrons. The summed E-state index contributed by atoms with van der Waals surface area (Å²) >= 11 is -1.42. The van der Waals surface area contributed by atoms with Crippen LogP contribution < -0.4 is 0 Å². The first kappa shape index (κ1) is 17.1. The Morgan fingerprint density at radius 2 is 2.17 bits per heavy atom. The van der Waals surface area contributed by atoms with E-state index < -0.39 is 17.2 Å². The third-order valence-corrected chi connectivity index (χ3v) is 4.30. The average molecular weight is 329 g/mol. The smallest absolute Gasteiger partial charge is 0.141 e. The first-order chi connectivity index (χ1) is 11.0. The molecule has 2 rings (SSSR count). The van der Waals surface area contributed by atoms with Crippen LogP contribution in [-0.2, 0) is 11.4 Å². The van der Waals surface area contributed by atoms with Crippen molar-refractivity contribution in [2.24, 2.45) is 10.3 Å². The van der Waals surface area contributed by atoms with Crippen molar-refractivity contribution < 1.29 is 8.94 Å². The van der Waals surface area contributed by atoms with Crippen molar-refractivity contribution >= 4 is 17.1 Å². The Bertz CT molecular complexity index is 741. The third kappa shape index (κ3) is 4.62. The van der Waals surface area contributed by atoms with Crippen LogP contribution in [0.5, 0.6) is 0 Å². The Labute approximate surface area is 138 Å². The second-order valence-corrected chi connectivity index (χ2v) is 6.53. The quantitative estimate of drug-likeness (QED) is 0.624. The van der Waals surface area contributed by atoms with Gasteiger partial charge in [0.15, 0.2) is 0 Å². The van der Waals surface area contributed by atoms with E-state index in [1.165, 1.54) is 12.1 Å². The standard InChI is InChI=1S/C17H16FN3OS/c1-12(2)11-23(22)21-17(15-4-3-7-20-10-15)13-5-6-14(9-19)16(18)8-13/h3-8,10,12H,11H2,1-2H3/b21-17+. The molecule has 1 unspecified atom stereocenters. The topological polar surface area (TPSA) is 72.1 Å². The van der Waals surface area contributed by atoms with E-state index in [1.54, 1.807) is 36.7 Å². The van der Waals surface area contributed by atoms with Crippen molar-refractivity contribution in [3.05, 3.63) is 65.2 Å². The van der Waals surface area contributed by atoms with Crippen LogP contribution in [0.1, 0.15) is 30.5 Å². The number of hydrogen-bond donors (Lipinski definition) is 0. The van der Waals surface area contributed by atoms with E-state index in [4.69, 9.17) is 5.26 Å². The minimum atomic E-state index is -1.42. The number of nitrogens with zero attached hydrogens (tertiary/aromatic N) is 3. The molecule has 23 heavy (non-hydrogen) atoms. The summed E-state index contributed by atoms with van der Waals surface area (Å²) in [6.45, 7) is 3.91. The molecule has 6 heteroatoms. The minimum Gasteiger partial charge on any atom is -0.591 e. The van der Waals surface area contributed by atoms with Crippen LogP contribution in [0.25, 0.3) is 0 Å². The molecule has 0 fully saturated rings. The largest absolute Gasteiger partial charge is 0.591 e. The van der Waals surface area contributed by atoms with Crippen molar-refractivity contribution in [1.29, 1.82) is 5.26 Å². The number of rotatable bonds is 5. The highest BCUT2D eigenvalue weighted by Gasteiger charge is 2.16. The zero-order valence-electron chi connectivity index (χ0n) is 12.9. The number of pyridine rings is 1. The van der Waals surface area contributed by atoms with Crippen molar-refractivity contribution in [1.82, 2.24) is 4.98 Å². The molecular weight excluding hydrogens is 313 g/mol. The molecule has 0 aliphatic heterocycles. The lowest BCUT2D eigenvalue weighted by molar-refractivity contribution is 0.583. The summed E-state index contributed by atoms with van der Waals surface area (Å²) in [5.41, 5.74) is 1.48. The molecule has 0 saturated heterocycles. The van der Waals surface area contributed by atoms with Gasteiger partial charge >= 0.3 is 0 Å². The Morgan fingerprint density at radius 3 is 2.74 bits per heavy atom. The summed E-state index contributed by atoms with van der Waals surface area (Å²) in [6.07, 6.45) is 3.20. The third-order valence-electron chi connectivity index (χ3n) is 2.97. The molecule has 4 nitrogen and oxygen atoms in total. The van der Waals surface area contributed by atoms with Gasteiger partial charge in [0, 0.05) is 29.4 Å². The Balaban J connectivity index is 2.48. The Morgan fingerprint density at radius 1 is 1.39 bits per heavy atom. The van der Waals surface area contributed by atoms with Gasteiger partial charge in [-0.15, -0.1) is 0 Å². The van der Waals surface area contributed by atoms with Gasteiger partial charge in [0.05, 0.1) is 16.9 Å². The molecule has 0 bridgehead atoms. The predicted octanol–water partition coefficient (Wildman–Crippen LogP) is 3.25. The summed E-state index contributed by atoms with van der Waals surface area (Å²) in [6, 6.07) is 9.51. The highest BCUT2D eigenvalue weighted by atomic mass is 32.2. The lowest BCUT2D eigenvalue weighted by Crippen LogP contribution is -2.14.